The van der Waals surface area contributed by atoms with Gasteiger partial charge in [-0.25, -0.2) is 22.9 Å². The van der Waals surface area contributed by atoms with Crippen LogP contribution in [0.5, 0.6) is 0 Å². The summed E-state index contributed by atoms with van der Waals surface area (Å²) in [6, 6.07) is 0. The predicted molar refractivity (Wildman–Crippen MR) is 90.7 cm³/mol. The van der Waals surface area contributed by atoms with Gasteiger partial charge in [0.05, 0.1) is 1.37 Å². The quantitative estimate of drug-likeness (QED) is 0.236. The minimum atomic E-state index is -5.87. The molecule has 2 heterocycles. The highest BCUT2D eigenvalue weighted by Crippen LogP contribution is 2.66. The molecule has 5 atom stereocenters. The van der Waals surface area contributed by atoms with Crippen LogP contribution in [0.4, 0.5) is 4.39 Å². The molecule has 0 spiro atoms. The van der Waals surface area contributed by atoms with Crippen molar-refractivity contribution in [1.82, 2.24) is 9.55 Å². The maximum absolute atomic E-state index is 14.9. The molecule has 0 aromatic carbocycles. The molecule has 0 radical (unpaired) electrons. The van der Waals surface area contributed by atoms with Gasteiger partial charge in [0.15, 0.2) is 6.20 Å². The molecular formula is C9H13ClFN2O14P3. The van der Waals surface area contributed by atoms with Crippen LogP contribution in [-0.2, 0) is 31.6 Å². The minimum Gasteiger partial charge on any atom is -0.388 e. The molecule has 30 heavy (non-hydrogen) atoms. The Hall–Kier alpha value is -0.770. The lowest BCUT2D eigenvalue weighted by Gasteiger charge is -2.22. The van der Waals surface area contributed by atoms with Gasteiger partial charge in [-0.2, -0.15) is 8.62 Å². The molecule has 0 aliphatic carbocycles. The van der Waals surface area contributed by atoms with E-state index in [0.29, 0.717) is 6.20 Å². The molecule has 0 saturated carbocycles. The molecule has 1 aromatic rings. The molecule has 0 amide bonds. The SMILES string of the molecule is [2H][C@@]1(n2cc(Cl)c(=O)[nH]c2=O)O[C@](F)(COP(=O)(O)OP(=O)(O)OP(=O)(O)O)C[C@H]1O. The number of aromatic amines is 1. The lowest BCUT2D eigenvalue weighted by molar-refractivity contribution is -0.178. The average molecular weight is 522 g/mol. The number of aromatic nitrogens is 2. The van der Waals surface area contributed by atoms with Crippen LogP contribution in [0.1, 0.15) is 14.0 Å². The van der Waals surface area contributed by atoms with Crippen molar-refractivity contribution < 1.29 is 62.0 Å². The first kappa shape index (κ1) is 23.9. The highest BCUT2D eigenvalue weighted by molar-refractivity contribution is 7.66. The molecule has 21 heteroatoms. The van der Waals surface area contributed by atoms with E-state index in [4.69, 9.17) is 27.7 Å². The number of phosphoric acid groups is 3. The number of phosphoric ester groups is 1. The zero-order valence-electron chi connectivity index (χ0n) is 15.0. The van der Waals surface area contributed by atoms with Gasteiger partial charge in [0.2, 0.25) is 5.85 Å². The van der Waals surface area contributed by atoms with Crippen molar-refractivity contribution >= 4 is 35.1 Å². The number of hydrogen-bond donors (Lipinski definition) is 6. The van der Waals surface area contributed by atoms with Gasteiger partial charge in [-0.1, -0.05) is 11.6 Å². The number of nitrogens with one attached hydrogen (secondary N) is 1. The summed E-state index contributed by atoms with van der Waals surface area (Å²) in [6.45, 7) is -1.65. The van der Waals surface area contributed by atoms with Gasteiger partial charge in [0.1, 0.15) is 17.7 Å². The number of hydrogen-bond acceptors (Lipinski definition) is 10. The fourth-order valence-electron chi connectivity index (χ4n) is 2.06. The van der Waals surface area contributed by atoms with Crippen LogP contribution in [0.3, 0.4) is 0 Å². The van der Waals surface area contributed by atoms with Gasteiger partial charge < -0.3 is 29.4 Å². The topological polar surface area (TPSA) is 244 Å². The third kappa shape index (κ3) is 6.87. The standard InChI is InChI=1S/C9H13ClFN2O14P3/c10-4-2-13(8(16)12-6(4)15)7-5(14)1-9(11,25-7)3-24-29(20,21)27-30(22,23)26-28(17,18)19/h2,5,7,14H,1,3H2,(H,20,21)(H,22,23)(H,12,15,16)(H2,17,18,19)/t5-,7-,9+/m1/s1/i7D. The lowest BCUT2D eigenvalue weighted by Crippen LogP contribution is -2.36. The first-order valence-electron chi connectivity index (χ1n) is 7.65. The van der Waals surface area contributed by atoms with E-state index in [1.165, 1.54) is 0 Å². The molecule has 1 saturated heterocycles. The van der Waals surface area contributed by atoms with E-state index in [0.717, 1.165) is 0 Å². The van der Waals surface area contributed by atoms with E-state index in [1.54, 1.807) is 4.98 Å². The Bertz CT molecular complexity index is 1120. The Balaban J connectivity index is 2.19. The van der Waals surface area contributed by atoms with Crippen molar-refractivity contribution in [1.29, 1.82) is 0 Å². The number of aliphatic hydroxyl groups is 1. The van der Waals surface area contributed by atoms with Crippen LogP contribution in [0, 0.1) is 0 Å². The summed E-state index contributed by atoms with van der Waals surface area (Å²) in [5.41, 5.74) is -2.39. The van der Waals surface area contributed by atoms with Crippen LogP contribution >= 0.6 is 35.1 Å². The number of ether oxygens (including phenoxy) is 1. The van der Waals surface area contributed by atoms with Crippen LogP contribution in [0.25, 0.3) is 0 Å². The third-order valence-electron chi connectivity index (χ3n) is 3.07. The Morgan fingerprint density at radius 3 is 2.47 bits per heavy atom. The van der Waals surface area contributed by atoms with Gasteiger partial charge in [-0.05, 0) is 0 Å². The van der Waals surface area contributed by atoms with Crippen molar-refractivity contribution in [3.05, 3.63) is 32.1 Å². The minimum absolute atomic E-state index is 0.216. The molecule has 2 unspecified atom stereocenters. The molecule has 16 nitrogen and oxygen atoms in total. The molecule has 0 bridgehead atoms. The third-order valence-corrected chi connectivity index (χ3v) is 7.12. The Morgan fingerprint density at radius 2 is 1.90 bits per heavy atom. The first-order chi connectivity index (χ1) is 13.8. The largest absolute Gasteiger partial charge is 0.490 e. The summed E-state index contributed by atoms with van der Waals surface area (Å²) in [5, 5.41) is 9.38. The highest BCUT2D eigenvalue weighted by Gasteiger charge is 2.50. The fraction of sp³-hybridized carbons (Fsp3) is 0.556. The molecule has 2 rings (SSSR count). The maximum Gasteiger partial charge on any atom is 0.490 e. The normalized spacial score (nSPS) is 31.7. The van der Waals surface area contributed by atoms with Crippen molar-refractivity contribution in [3.63, 3.8) is 0 Å². The van der Waals surface area contributed by atoms with Crippen LogP contribution < -0.4 is 11.2 Å². The summed E-state index contributed by atoms with van der Waals surface area (Å²) < 4.78 is 72.1. The van der Waals surface area contributed by atoms with Gasteiger partial charge in [-0.15, -0.1) is 0 Å². The van der Waals surface area contributed by atoms with Crippen molar-refractivity contribution in [2.24, 2.45) is 0 Å². The monoisotopic (exact) mass is 521 g/mol. The van der Waals surface area contributed by atoms with E-state index in [2.05, 4.69) is 17.9 Å². The van der Waals surface area contributed by atoms with E-state index < -0.39 is 70.9 Å². The Labute approximate surface area is 170 Å². The molecule has 172 valence electrons. The molecule has 1 aromatic heterocycles. The number of aliphatic hydroxyl groups excluding tert-OH is 1. The van der Waals surface area contributed by atoms with Crippen molar-refractivity contribution in [3.8, 4) is 0 Å². The van der Waals surface area contributed by atoms with E-state index >= 15 is 0 Å². The summed E-state index contributed by atoms with van der Waals surface area (Å²) >= 11 is 5.53. The average Bonchev–Trinajstić information content (AvgIpc) is 2.76. The van der Waals surface area contributed by atoms with Gasteiger partial charge in [-0.3, -0.25) is 18.9 Å². The zero-order valence-corrected chi connectivity index (χ0v) is 17.5. The molecule has 1 aliphatic heterocycles. The molecule has 1 fully saturated rings. The summed E-state index contributed by atoms with van der Waals surface area (Å²) in [4.78, 5) is 60.1. The number of nitrogens with zero attached hydrogens (tertiary/aromatic N) is 1. The highest BCUT2D eigenvalue weighted by atomic mass is 35.5. The zero-order chi connectivity index (χ0) is 24.0. The fourth-order valence-corrected chi connectivity index (χ4v) is 5.26. The molecular weight excluding hydrogens is 507 g/mol. The molecule has 6 N–H and O–H groups in total. The first-order valence-corrected chi connectivity index (χ1v) is 12.0. The van der Waals surface area contributed by atoms with Gasteiger partial charge in [0, 0.05) is 12.6 Å². The second-order valence-electron chi connectivity index (χ2n) is 5.51. The summed E-state index contributed by atoms with van der Waals surface area (Å²) in [5.74, 6) is -3.28. The Morgan fingerprint density at radius 1 is 1.30 bits per heavy atom. The van der Waals surface area contributed by atoms with E-state index in [1.807, 2.05) is 0 Å². The number of rotatable bonds is 8. The lowest BCUT2D eigenvalue weighted by atomic mass is 10.2. The smallest absolute Gasteiger partial charge is 0.388 e. The van der Waals surface area contributed by atoms with Crippen LogP contribution in [0.2, 0.25) is 5.02 Å². The number of alkyl halides is 1. The van der Waals surface area contributed by atoms with Crippen molar-refractivity contribution in [2.75, 3.05) is 6.61 Å². The van der Waals surface area contributed by atoms with E-state index in [9.17, 15) is 37.7 Å². The van der Waals surface area contributed by atoms with Crippen LogP contribution in [-0.4, -0.2) is 52.8 Å². The summed E-state index contributed by atoms with van der Waals surface area (Å²) in [7, 11) is -17.2. The Kier molecular flexibility index (Phi) is 6.88. The second kappa shape index (κ2) is 8.64. The number of H-pyrrole nitrogens is 1. The second-order valence-corrected chi connectivity index (χ2v) is 10.3. The van der Waals surface area contributed by atoms with Crippen LogP contribution in [0.15, 0.2) is 15.8 Å². The predicted octanol–water partition coefficient (Wildman–Crippen LogP) is -0.521. The van der Waals surface area contributed by atoms with Gasteiger partial charge >= 0.3 is 29.2 Å². The molecule has 1 aliphatic rings. The number of halogens is 2. The maximum atomic E-state index is 14.9. The van der Waals surface area contributed by atoms with Gasteiger partial charge in [0.25, 0.3) is 5.56 Å². The van der Waals surface area contributed by atoms with Crippen molar-refractivity contribution in [2.45, 2.75) is 24.6 Å². The van der Waals surface area contributed by atoms with E-state index in [-0.39, 0.29) is 4.57 Å². The summed E-state index contributed by atoms with van der Waals surface area (Å²) in [6.07, 6.45) is -5.68.